The highest BCUT2D eigenvalue weighted by Crippen LogP contribution is 2.24. The quantitative estimate of drug-likeness (QED) is 0.764. The maximum atomic E-state index is 12.4. The van der Waals surface area contributed by atoms with Crippen LogP contribution < -0.4 is 0 Å². The van der Waals surface area contributed by atoms with E-state index in [9.17, 15) is 14.7 Å². The van der Waals surface area contributed by atoms with Gasteiger partial charge in [0.2, 0.25) is 0 Å². The van der Waals surface area contributed by atoms with Gasteiger partial charge >= 0.3 is 5.97 Å². The van der Waals surface area contributed by atoms with E-state index >= 15 is 0 Å². The lowest BCUT2D eigenvalue weighted by atomic mass is 9.99. The second-order valence-electron chi connectivity index (χ2n) is 4.86. The molecular formula is C14H13N3O4. The molecule has 0 spiro atoms. The Labute approximate surface area is 119 Å². The second-order valence-corrected chi connectivity index (χ2v) is 4.86. The normalized spacial score (nSPS) is 13.8. The second kappa shape index (κ2) is 4.93. The number of carboxylic acid groups (broad SMARTS) is 1. The summed E-state index contributed by atoms with van der Waals surface area (Å²) in [6, 6.07) is 5.08. The third-order valence-corrected chi connectivity index (χ3v) is 3.55. The van der Waals surface area contributed by atoms with Crippen molar-refractivity contribution in [2.75, 3.05) is 6.54 Å². The van der Waals surface area contributed by atoms with Crippen LogP contribution in [-0.4, -0.2) is 43.5 Å². The summed E-state index contributed by atoms with van der Waals surface area (Å²) in [4.78, 5) is 31.2. The lowest BCUT2D eigenvalue weighted by Gasteiger charge is -2.28. The number of hydrogen-bond acceptors (Lipinski definition) is 4. The van der Waals surface area contributed by atoms with Crippen LogP contribution in [0.4, 0.5) is 0 Å². The molecule has 0 bridgehead atoms. The van der Waals surface area contributed by atoms with Crippen molar-refractivity contribution >= 4 is 11.9 Å². The van der Waals surface area contributed by atoms with Gasteiger partial charge in [0, 0.05) is 13.1 Å². The fourth-order valence-corrected chi connectivity index (χ4v) is 2.49. The number of rotatable bonds is 2. The minimum absolute atomic E-state index is 0.0916. The fraction of sp³-hybridized carbons (Fsp3) is 0.214. The third kappa shape index (κ3) is 2.33. The average molecular weight is 287 g/mol. The van der Waals surface area contributed by atoms with Gasteiger partial charge in [-0.3, -0.25) is 4.79 Å². The van der Waals surface area contributed by atoms with E-state index in [0.29, 0.717) is 19.5 Å². The smallest absolute Gasteiger partial charge is 0.354 e. The van der Waals surface area contributed by atoms with Gasteiger partial charge in [0.1, 0.15) is 5.75 Å². The standard InChI is InChI=1S/C14H13N3O4/c18-10-2-1-8-3-4-17(6-9(8)5-10)13(19)11-12(14(20)21)16-7-15-11/h1-2,5,7,18H,3-4,6H2,(H,15,16)(H,20,21). The van der Waals surface area contributed by atoms with Crippen LogP contribution in [0, 0.1) is 0 Å². The summed E-state index contributed by atoms with van der Waals surface area (Å²) < 4.78 is 0. The van der Waals surface area contributed by atoms with Crippen molar-refractivity contribution in [3.8, 4) is 5.75 Å². The Morgan fingerprint density at radius 3 is 2.86 bits per heavy atom. The van der Waals surface area contributed by atoms with Gasteiger partial charge in [0.25, 0.3) is 5.91 Å². The lowest BCUT2D eigenvalue weighted by Crippen LogP contribution is -2.36. The Kier molecular flexibility index (Phi) is 3.09. The topological polar surface area (TPSA) is 107 Å². The average Bonchev–Trinajstić information content (AvgIpc) is 2.95. The number of carboxylic acids is 1. The van der Waals surface area contributed by atoms with Gasteiger partial charge in [-0.05, 0) is 29.7 Å². The molecule has 1 aliphatic heterocycles. The maximum Gasteiger partial charge on any atom is 0.354 e. The van der Waals surface area contributed by atoms with Crippen molar-refractivity contribution in [2.45, 2.75) is 13.0 Å². The number of nitrogens with one attached hydrogen (secondary N) is 1. The number of phenolic OH excluding ortho intramolecular Hbond substituents is 1. The number of aromatic nitrogens is 2. The minimum Gasteiger partial charge on any atom is -0.508 e. The predicted molar refractivity (Wildman–Crippen MR) is 72.1 cm³/mol. The third-order valence-electron chi connectivity index (χ3n) is 3.55. The van der Waals surface area contributed by atoms with Gasteiger partial charge in [0.05, 0.1) is 6.33 Å². The molecule has 0 saturated carbocycles. The number of phenols is 1. The number of carbonyl (C=O) groups is 2. The molecule has 1 aliphatic rings. The van der Waals surface area contributed by atoms with E-state index in [1.54, 1.807) is 12.1 Å². The molecule has 0 unspecified atom stereocenters. The Morgan fingerprint density at radius 2 is 2.10 bits per heavy atom. The molecule has 0 fully saturated rings. The molecule has 1 amide bonds. The molecule has 0 atom stereocenters. The maximum absolute atomic E-state index is 12.4. The largest absolute Gasteiger partial charge is 0.508 e. The molecule has 0 saturated heterocycles. The number of aromatic amines is 1. The van der Waals surface area contributed by atoms with E-state index in [0.717, 1.165) is 11.1 Å². The van der Waals surface area contributed by atoms with Crippen molar-refractivity contribution in [3.63, 3.8) is 0 Å². The highest BCUT2D eigenvalue weighted by Gasteiger charge is 2.27. The molecule has 1 aromatic heterocycles. The number of hydrogen-bond donors (Lipinski definition) is 3. The summed E-state index contributed by atoms with van der Waals surface area (Å²) in [6.07, 6.45) is 1.86. The van der Waals surface area contributed by atoms with Gasteiger partial charge < -0.3 is 20.1 Å². The zero-order valence-electron chi connectivity index (χ0n) is 11.0. The van der Waals surface area contributed by atoms with E-state index in [2.05, 4.69) is 9.97 Å². The highest BCUT2D eigenvalue weighted by molar-refractivity contribution is 6.02. The monoisotopic (exact) mass is 287 g/mol. The van der Waals surface area contributed by atoms with Crippen molar-refractivity contribution in [3.05, 3.63) is 47.0 Å². The number of nitrogens with zero attached hydrogens (tertiary/aromatic N) is 2. The van der Waals surface area contributed by atoms with Crippen molar-refractivity contribution in [1.82, 2.24) is 14.9 Å². The van der Waals surface area contributed by atoms with Crippen LogP contribution in [0.5, 0.6) is 5.75 Å². The van der Waals surface area contributed by atoms with Gasteiger partial charge in [0.15, 0.2) is 11.4 Å². The molecule has 1 aromatic carbocycles. The van der Waals surface area contributed by atoms with Crippen molar-refractivity contribution in [2.24, 2.45) is 0 Å². The van der Waals surface area contributed by atoms with Crippen molar-refractivity contribution < 1.29 is 19.8 Å². The van der Waals surface area contributed by atoms with Crippen LogP contribution in [0.15, 0.2) is 24.5 Å². The van der Waals surface area contributed by atoms with Gasteiger partial charge in [-0.2, -0.15) is 0 Å². The van der Waals surface area contributed by atoms with Gasteiger partial charge in [-0.15, -0.1) is 0 Å². The number of imidazole rings is 1. The van der Waals surface area contributed by atoms with Crippen LogP contribution in [0.3, 0.4) is 0 Å². The first-order valence-electron chi connectivity index (χ1n) is 6.43. The molecule has 0 aliphatic carbocycles. The molecule has 3 rings (SSSR count). The molecule has 3 N–H and O–H groups in total. The van der Waals surface area contributed by atoms with Crippen LogP contribution in [0.25, 0.3) is 0 Å². The van der Waals surface area contributed by atoms with Gasteiger partial charge in [-0.25, -0.2) is 9.78 Å². The SMILES string of the molecule is O=C(O)c1[nH]cnc1C(=O)N1CCc2ccc(O)cc2C1. The lowest BCUT2D eigenvalue weighted by molar-refractivity contribution is 0.0663. The molecule has 7 nitrogen and oxygen atoms in total. The van der Waals surface area contributed by atoms with Crippen LogP contribution in [0.1, 0.15) is 32.1 Å². The number of fused-ring (bicyclic) bond motifs is 1. The van der Waals surface area contributed by atoms with E-state index in [-0.39, 0.29) is 17.1 Å². The summed E-state index contributed by atoms with van der Waals surface area (Å²) in [5.74, 6) is -1.50. The molecule has 2 heterocycles. The van der Waals surface area contributed by atoms with Gasteiger partial charge in [-0.1, -0.05) is 6.07 Å². The Hall–Kier alpha value is -2.83. The molecule has 108 valence electrons. The number of amides is 1. The molecule has 0 radical (unpaired) electrons. The summed E-state index contributed by atoms with van der Waals surface area (Å²) in [5, 5.41) is 18.5. The van der Waals surface area contributed by atoms with Crippen LogP contribution in [-0.2, 0) is 13.0 Å². The summed E-state index contributed by atoms with van der Waals surface area (Å²) in [7, 11) is 0. The number of H-pyrrole nitrogens is 1. The first-order chi connectivity index (χ1) is 10.1. The Morgan fingerprint density at radius 1 is 1.29 bits per heavy atom. The number of aromatic hydroxyl groups is 1. The zero-order valence-corrected chi connectivity index (χ0v) is 11.0. The summed E-state index contributed by atoms with van der Waals surface area (Å²) in [5.41, 5.74) is 1.65. The summed E-state index contributed by atoms with van der Waals surface area (Å²) >= 11 is 0. The van der Waals surface area contributed by atoms with Crippen LogP contribution in [0.2, 0.25) is 0 Å². The number of carbonyl (C=O) groups excluding carboxylic acids is 1. The summed E-state index contributed by atoms with van der Waals surface area (Å²) in [6.45, 7) is 0.816. The first kappa shape index (κ1) is 13.2. The van der Waals surface area contributed by atoms with Crippen LogP contribution >= 0.6 is 0 Å². The zero-order chi connectivity index (χ0) is 15.0. The van der Waals surface area contributed by atoms with E-state index in [1.807, 2.05) is 6.07 Å². The minimum atomic E-state index is -1.22. The Balaban J connectivity index is 1.87. The molecule has 2 aromatic rings. The Bertz CT molecular complexity index is 723. The number of aromatic carboxylic acids is 1. The highest BCUT2D eigenvalue weighted by atomic mass is 16.4. The van der Waals surface area contributed by atoms with E-state index in [4.69, 9.17) is 5.11 Å². The first-order valence-corrected chi connectivity index (χ1v) is 6.43. The molecule has 21 heavy (non-hydrogen) atoms. The van der Waals surface area contributed by atoms with E-state index < -0.39 is 11.9 Å². The van der Waals surface area contributed by atoms with E-state index in [1.165, 1.54) is 11.2 Å². The predicted octanol–water partition coefficient (Wildman–Crippen LogP) is 1.01. The van der Waals surface area contributed by atoms with Crippen molar-refractivity contribution in [1.29, 1.82) is 0 Å². The fourth-order valence-electron chi connectivity index (χ4n) is 2.49. The molecular weight excluding hydrogens is 274 g/mol. The molecule has 7 heteroatoms. The number of benzene rings is 1.